The molecule has 154 valence electrons. The van der Waals surface area contributed by atoms with Crippen molar-refractivity contribution in [3.8, 4) is 5.75 Å². The molecule has 0 saturated carbocycles. The van der Waals surface area contributed by atoms with Crippen LogP contribution in [0.1, 0.15) is 26.7 Å². The average Bonchev–Trinajstić information content (AvgIpc) is 2.89. The molecule has 0 aliphatic carbocycles. The molecule has 6 nitrogen and oxygen atoms in total. The van der Waals surface area contributed by atoms with Gasteiger partial charge < -0.3 is 15.0 Å². The molecule has 0 spiro atoms. The minimum atomic E-state index is -4.43. The van der Waals surface area contributed by atoms with Gasteiger partial charge in [0.2, 0.25) is 5.91 Å². The fourth-order valence-electron chi connectivity index (χ4n) is 3.48. The Kier molecular flexibility index (Phi) is 5.83. The Labute approximate surface area is 161 Å². The summed E-state index contributed by atoms with van der Waals surface area (Å²) >= 11 is 0. The molecule has 3 rings (SSSR count). The first-order valence-corrected chi connectivity index (χ1v) is 9.36. The SMILES string of the molecule is CC(C)Oc1ccc2c(NC(=O)C3CCCN(C)C3)nn(CC(F)(F)F)c2c1. The lowest BCUT2D eigenvalue weighted by Gasteiger charge is -2.28. The molecule has 1 N–H and O–H groups in total. The van der Waals surface area contributed by atoms with E-state index in [2.05, 4.69) is 15.3 Å². The van der Waals surface area contributed by atoms with Crippen LogP contribution < -0.4 is 10.1 Å². The van der Waals surface area contributed by atoms with E-state index in [0.29, 0.717) is 17.7 Å². The topological polar surface area (TPSA) is 59.4 Å². The Balaban J connectivity index is 1.91. The number of ether oxygens (including phenoxy) is 1. The van der Waals surface area contributed by atoms with Crippen LogP contribution in [0.5, 0.6) is 5.75 Å². The van der Waals surface area contributed by atoms with Gasteiger partial charge in [-0.3, -0.25) is 9.48 Å². The molecule has 1 unspecified atom stereocenters. The van der Waals surface area contributed by atoms with Gasteiger partial charge in [-0.05, 0) is 52.4 Å². The van der Waals surface area contributed by atoms with Crippen molar-refractivity contribution < 1.29 is 22.7 Å². The van der Waals surface area contributed by atoms with Crippen LogP contribution in [-0.4, -0.2) is 53.0 Å². The number of hydrogen-bond acceptors (Lipinski definition) is 4. The summed E-state index contributed by atoms with van der Waals surface area (Å²) in [5.74, 6) is 0.184. The lowest BCUT2D eigenvalue weighted by molar-refractivity contribution is -0.141. The first-order chi connectivity index (χ1) is 13.1. The third kappa shape index (κ3) is 4.95. The lowest BCUT2D eigenvalue weighted by atomic mass is 9.97. The second-order valence-electron chi connectivity index (χ2n) is 7.56. The van der Waals surface area contributed by atoms with Crippen LogP contribution in [-0.2, 0) is 11.3 Å². The van der Waals surface area contributed by atoms with Gasteiger partial charge in [0.1, 0.15) is 12.3 Å². The lowest BCUT2D eigenvalue weighted by Crippen LogP contribution is -2.38. The first-order valence-electron chi connectivity index (χ1n) is 9.36. The van der Waals surface area contributed by atoms with Crippen LogP contribution in [0.3, 0.4) is 0 Å². The number of fused-ring (bicyclic) bond motifs is 1. The Morgan fingerprint density at radius 2 is 2.14 bits per heavy atom. The van der Waals surface area contributed by atoms with Gasteiger partial charge in [-0.1, -0.05) is 0 Å². The third-order valence-corrected chi connectivity index (χ3v) is 4.66. The van der Waals surface area contributed by atoms with Crippen LogP contribution in [0, 0.1) is 5.92 Å². The monoisotopic (exact) mass is 398 g/mol. The average molecular weight is 398 g/mol. The van der Waals surface area contributed by atoms with E-state index in [1.807, 2.05) is 20.9 Å². The molecule has 9 heteroatoms. The van der Waals surface area contributed by atoms with E-state index in [-0.39, 0.29) is 29.3 Å². The fraction of sp³-hybridized carbons (Fsp3) is 0.579. The van der Waals surface area contributed by atoms with Gasteiger partial charge in [0, 0.05) is 18.0 Å². The smallest absolute Gasteiger partial charge is 0.408 e. The number of likely N-dealkylation sites (tertiary alicyclic amines) is 1. The quantitative estimate of drug-likeness (QED) is 0.835. The Morgan fingerprint density at radius 1 is 1.39 bits per heavy atom. The number of halogens is 3. The molecule has 1 aromatic heterocycles. The van der Waals surface area contributed by atoms with Crippen LogP contribution in [0.2, 0.25) is 0 Å². The minimum absolute atomic E-state index is 0.112. The minimum Gasteiger partial charge on any atom is -0.491 e. The molecule has 1 atom stereocenters. The van der Waals surface area contributed by atoms with E-state index in [0.717, 1.165) is 24.1 Å². The van der Waals surface area contributed by atoms with Crippen molar-refractivity contribution in [3.63, 3.8) is 0 Å². The number of piperidine rings is 1. The van der Waals surface area contributed by atoms with Crippen molar-refractivity contribution in [1.29, 1.82) is 0 Å². The van der Waals surface area contributed by atoms with Crippen molar-refractivity contribution in [2.45, 2.75) is 45.5 Å². The number of carbonyl (C=O) groups excluding carboxylic acids is 1. The van der Waals surface area contributed by atoms with Gasteiger partial charge in [-0.25, -0.2) is 0 Å². The van der Waals surface area contributed by atoms with Gasteiger partial charge in [0.25, 0.3) is 0 Å². The number of aromatic nitrogens is 2. The molecule has 0 bridgehead atoms. The molecule has 1 saturated heterocycles. The highest BCUT2D eigenvalue weighted by molar-refractivity contribution is 6.01. The third-order valence-electron chi connectivity index (χ3n) is 4.66. The van der Waals surface area contributed by atoms with E-state index in [1.54, 1.807) is 12.1 Å². The summed E-state index contributed by atoms with van der Waals surface area (Å²) in [6, 6.07) is 4.83. The Morgan fingerprint density at radius 3 is 2.79 bits per heavy atom. The van der Waals surface area contributed by atoms with E-state index < -0.39 is 12.7 Å². The predicted molar refractivity (Wildman–Crippen MR) is 100 cm³/mol. The molecule has 2 aromatic rings. The number of rotatable bonds is 5. The van der Waals surface area contributed by atoms with Gasteiger partial charge >= 0.3 is 6.18 Å². The molecular weight excluding hydrogens is 373 g/mol. The van der Waals surface area contributed by atoms with Crippen molar-refractivity contribution in [2.75, 3.05) is 25.5 Å². The molecule has 1 aliphatic rings. The summed E-state index contributed by atoms with van der Waals surface area (Å²) in [6.07, 6.45) is -2.88. The number of hydrogen-bond donors (Lipinski definition) is 1. The van der Waals surface area contributed by atoms with Crippen molar-refractivity contribution in [1.82, 2.24) is 14.7 Å². The van der Waals surface area contributed by atoms with Crippen LogP contribution in [0.4, 0.5) is 19.0 Å². The fourth-order valence-corrected chi connectivity index (χ4v) is 3.48. The first kappa shape index (κ1) is 20.4. The number of carbonyl (C=O) groups is 1. The van der Waals surface area contributed by atoms with Gasteiger partial charge in [0.05, 0.1) is 17.5 Å². The van der Waals surface area contributed by atoms with Crippen molar-refractivity contribution in [3.05, 3.63) is 18.2 Å². The Bertz CT molecular complexity index is 848. The van der Waals surface area contributed by atoms with Gasteiger partial charge in [0.15, 0.2) is 5.82 Å². The number of alkyl halides is 3. The number of amides is 1. The van der Waals surface area contributed by atoms with Crippen LogP contribution in [0.25, 0.3) is 10.9 Å². The van der Waals surface area contributed by atoms with Crippen LogP contribution in [0.15, 0.2) is 18.2 Å². The van der Waals surface area contributed by atoms with Crippen molar-refractivity contribution >= 4 is 22.6 Å². The highest BCUT2D eigenvalue weighted by Gasteiger charge is 2.31. The maximum absolute atomic E-state index is 13.0. The zero-order valence-electron chi connectivity index (χ0n) is 16.2. The van der Waals surface area contributed by atoms with E-state index in [9.17, 15) is 18.0 Å². The molecule has 0 radical (unpaired) electrons. The van der Waals surface area contributed by atoms with Crippen LogP contribution >= 0.6 is 0 Å². The predicted octanol–water partition coefficient (Wildman–Crippen LogP) is 3.67. The van der Waals surface area contributed by atoms with Gasteiger partial charge in [-0.2, -0.15) is 18.3 Å². The van der Waals surface area contributed by atoms with Crippen molar-refractivity contribution in [2.24, 2.45) is 5.92 Å². The largest absolute Gasteiger partial charge is 0.491 e. The molecule has 1 aromatic carbocycles. The maximum atomic E-state index is 13.0. The second kappa shape index (κ2) is 7.98. The summed E-state index contributed by atoms with van der Waals surface area (Å²) in [6.45, 7) is 4.00. The van der Waals surface area contributed by atoms with E-state index in [4.69, 9.17) is 4.74 Å². The molecule has 1 fully saturated rings. The molecular formula is C19H25F3N4O2. The van der Waals surface area contributed by atoms with Gasteiger partial charge in [-0.15, -0.1) is 0 Å². The number of nitrogens with one attached hydrogen (secondary N) is 1. The second-order valence-corrected chi connectivity index (χ2v) is 7.56. The standard InChI is InChI=1S/C19H25F3N4O2/c1-12(2)28-14-6-7-15-16(9-14)26(11-19(20,21)22)24-17(15)23-18(27)13-5-4-8-25(3)10-13/h6-7,9,12-13H,4-5,8,10-11H2,1-3H3,(H,23,24,27). The zero-order valence-corrected chi connectivity index (χ0v) is 16.2. The number of nitrogens with zero attached hydrogens (tertiary/aromatic N) is 3. The molecule has 1 amide bonds. The summed E-state index contributed by atoms with van der Waals surface area (Å²) < 4.78 is 45.5. The highest BCUT2D eigenvalue weighted by atomic mass is 19.4. The molecule has 28 heavy (non-hydrogen) atoms. The highest BCUT2D eigenvalue weighted by Crippen LogP contribution is 2.30. The zero-order chi connectivity index (χ0) is 20.5. The number of anilines is 1. The summed E-state index contributed by atoms with van der Waals surface area (Å²) in [5.41, 5.74) is 0.270. The maximum Gasteiger partial charge on any atom is 0.408 e. The van der Waals surface area contributed by atoms with E-state index in [1.165, 1.54) is 6.07 Å². The summed E-state index contributed by atoms with van der Waals surface area (Å²) in [5, 5.41) is 7.24. The molecule has 2 heterocycles. The summed E-state index contributed by atoms with van der Waals surface area (Å²) in [7, 11) is 1.95. The summed E-state index contributed by atoms with van der Waals surface area (Å²) in [4.78, 5) is 14.7. The number of benzene rings is 1. The Hall–Kier alpha value is -2.29. The molecule has 1 aliphatic heterocycles. The normalized spacial score (nSPS) is 18.6. The van der Waals surface area contributed by atoms with E-state index >= 15 is 0 Å².